The number of rotatable bonds is 4. The highest BCUT2D eigenvalue weighted by Crippen LogP contribution is 2.17. The molecule has 2 amide bonds. The van der Waals surface area contributed by atoms with E-state index in [0.29, 0.717) is 30.0 Å². The summed E-state index contributed by atoms with van der Waals surface area (Å²) >= 11 is 0. The maximum atomic E-state index is 12.8. The number of nitrogens with one attached hydrogen (secondary N) is 1. The number of hydrogen-bond acceptors (Lipinski definition) is 6. The van der Waals surface area contributed by atoms with Crippen LogP contribution in [0.3, 0.4) is 0 Å². The molecule has 4 rings (SSSR count). The molecule has 2 N–H and O–H groups in total. The summed E-state index contributed by atoms with van der Waals surface area (Å²) in [6, 6.07) is 14.6. The fraction of sp³-hybridized carbons (Fsp3) is 0.250. The number of benzene rings is 2. The number of likely N-dealkylation sites (N-methyl/N-ethyl adjacent to an activating group) is 1. The van der Waals surface area contributed by atoms with Gasteiger partial charge in [0.15, 0.2) is 11.4 Å². The molecular formula is C24H25N5O4. The zero-order valence-electron chi connectivity index (χ0n) is 18.5. The normalized spacial score (nSPS) is 14.2. The van der Waals surface area contributed by atoms with E-state index in [4.69, 9.17) is 0 Å². The van der Waals surface area contributed by atoms with Crippen molar-refractivity contribution in [2.24, 2.45) is 0 Å². The Hall–Kier alpha value is -3.98. The Balaban J connectivity index is 1.51. The zero-order chi connectivity index (χ0) is 23.5. The molecular weight excluding hydrogens is 422 g/mol. The van der Waals surface area contributed by atoms with Crippen LogP contribution in [0.5, 0.6) is 5.75 Å². The number of anilines is 1. The van der Waals surface area contributed by atoms with Crippen LogP contribution in [-0.4, -0.2) is 69.7 Å². The molecule has 0 bridgehead atoms. The summed E-state index contributed by atoms with van der Waals surface area (Å²) < 4.78 is 1.07. The quantitative estimate of drug-likeness (QED) is 0.632. The Bertz CT molecular complexity index is 1240. The van der Waals surface area contributed by atoms with Crippen molar-refractivity contribution in [3.8, 4) is 11.4 Å². The molecule has 2 aromatic carbocycles. The van der Waals surface area contributed by atoms with E-state index >= 15 is 0 Å². The number of piperazine rings is 1. The highest BCUT2D eigenvalue weighted by molar-refractivity contribution is 6.04. The van der Waals surface area contributed by atoms with Gasteiger partial charge in [0.25, 0.3) is 17.4 Å². The number of aryl methyl sites for hydroxylation is 1. The lowest BCUT2D eigenvalue weighted by molar-refractivity contribution is 0.0664. The molecule has 0 saturated carbocycles. The minimum absolute atomic E-state index is 0.0504. The van der Waals surface area contributed by atoms with Gasteiger partial charge >= 0.3 is 0 Å². The summed E-state index contributed by atoms with van der Waals surface area (Å²) in [5, 5.41) is 16.9. The fourth-order valence-corrected chi connectivity index (χ4v) is 3.63. The van der Waals surface area contributed by atoms with Gasteiger partial charge in [-0.05, 0) is 55.9 Å². The maximum absolute atomic E-state index is 12.8. The topological polar surface area (TPSA) is 108 Å². The average molecular weight is 447 g/mol. The number of hydrogen-bond donors (Lipinski definition) is 2. The predicted molar refractivity (Wildman–Crippen MR) is 124 cm³/mol. The summed E-state index contributed by atoms with van der Waals surface area (Å²) in [4.78, 5) is 41.7. The van der Waals surface area contributed by atoms with Gasteiger partial charge in [-0.25, -0.2) is 0 Å². The number of carbonyl (C=O) groups excluding carboxylic acids is 2. The smallest absolute Gasteiger partial charge is 0.279 e. The molecule has 0 radical (unpaired) electrons. The van der Waals surface area contributed by atoms with Crippen LogP contribution in [0.25, 0.3) is 5.69 Å². The first-order valence-electron chi connectivity index (χ1n) is 10.6. The van der Waals surface area contributed by atoms with E-state index in [2.05, 4.69) is 15.3 Å². The van der Waals surface area contributed by atoms with E-state index in [1.54, 1.807) is 42.5 Å². The van der Waals surface area contributed by atoms with Crippen molar-refractivity contribution in [3.05, 3.63) is 81.8 Å². The second kappa shape index (κ2) is 9.25. The fourth-order valence-electron chi connectivity index (χ4n) is 3.63. The first kappa shape index (κ1) is 22.2. The summed E-state index contributed by atoms with van der Waals surface area (Å²) in [6.07, 6.45) is 0. The molecule has 0 spiro atoms. The number of nitrogens with zero attached hydrogens (tertiary/aromatic N) is 4. The third kappa shape index (κ3) is 4.93. The molecule has 9 heteroatoms. The molecule has 0 aliphatic carbocycles. The highest BCUT2D eigenvalue weighted by Gasteiger charge is 2.21. The van der Waals surface area contributed by atoms with Crippen LogP contribution in [0.1, 0.15) is 26.4 Å². The molecule has 9 nitrogen and oxygen atoms in total. The molecule has 170 valence electrons. The summed E-state index contributed by atoms with van der Waals surface area (Å²) in [7, 11) is 2.03. The Morgan fingerprint density at radius 1 is 1.00 bits per heavy atom. The van der Waals surface area contributed by atoms with Gasteiger partial charge in [-0.15, -0.1) is 0 Å². The summed E-state index contributed by atoms with van der Waals surface area (Å²) in [5.74, 6) is -1.24. The van der Waals surface area contributed by atoms with Crippen LogP contribution in [0.4, 0.5) is 5.69 Å². The van der Waals surface area contributed by atoms with Crippen molar-refractivity contribution >= 4 is 17.5 Å². The van der Waals surface area contributed by atoms with Crippen LogP contribution in [0.15, 0.2) is 59.4 Å². The van der Waals surface area contributed by atoms with Crippen LogP contribution < -0.4 is 10.9 Å². The third-order valence-electron chi connectivity index (χ3n) is 5.55. The van der Waals surface area contributed by atoms with Gasteiger partial charge in [0, 0.05) is 43.5 Å². The largest absolute Gasteiger partial charge is 0.505 e. The van der Waals surface area contributed by atoms with Crippen molar-refractivity contribution in [1.82, 2.24) is 19.6 Å². The summed E-state index contributed by atoms with van der Waals surface area (Å²) in [6.45, 7) is 4.90. The Morgan fingerprint density at radius 2 is 1.70 bits per heavy atom. The van der Waals surface area contributed by atoms with Crippen LogP contribution in [-0.2, 0) is 0 Å². The van der Waals surface area contributed by atoms with Crippen molar-refractivity contribution in [2.75, 3.05) is 38.5 Å². The Labute approximate surface area is 190 Å². The van der Waals surface area contributed by atoms with Crippen molar-refractivity contribution in [3.63, 3.8) is 0 Å². The van der Waals surface area contributed by atoms with Crippen molar-refractivity contribution in [1.29, 1.82) is 0 Å². The zero-order valence-corrected chi connectivity index (χ0v) is 18.5. The van der Waals surface area contributed by atoms with Crippen molar-refractivity contribution in [2.45, 2.75) is 6.92 Å². The molecule has 1 aromatic heterocycles. The lowest BCUT2D eigenvalue weighted by Gasteiger charge is -2.32. The predicted octanol–water partition coefficient (Wildman–Crippen LogP) is 1.89. The standard InChI is InChI=1S/C24H25N5O4/c1-16-4-3-5-19(14-16)29-21(31)15-20(30)22(26-29)23(32)25-18-8-6-17(7-9-18)24(33)28-12-10-27(2)11-13-28/h3-9,14-15,30H,10-13H2,1-2H3,(H,25,32). The van der Waals surface area contributed by atoms with Gasteiger partial charge in [-0.3, -0.25) is 14.4 Å². The first-order chi connectivity index (χ1) is 15.8. The lowest BCUT2D eigenvalue weighted by Crippen LogP contribution is -2.47. The third-order valence-corrected chi connectivity index (χ3v) is 5.55. The van der Waals surface area contributed by atoms with Gasteiger partial charge in [0.1, 0.15) is 0 Å². The van der Waals surface area contributed by atoms with E-state index in [1.165, 1.54) is 0 Å². The molecule has 0 atom stereocenters. The molecule has 1 saturated heterocycles. The van der Waals surface area contributed by atoms with E-state index in [0.717, 1.165) is 29.4 Å². The molecule has 1 fully saturated rings. The Kier molecular flexibility index (Phi) is 6.23. The molecule has 1 aliphatic heterocycles. The molecule has 1 aliphatic rings. The number of aromatic nitrogens is 2. The van der Waals surface area contributed by atoms with Gasteiger partial charge in [0.2, 0.25) is 0 Å². The van der Waals surface area contributed by atoms with Gasteiger partial charge < -0.3 is 20.2 Å². The molecule has 33 heavy (non-hydrogen) atoms. The first-order valence-corrected chi connectivity index (χ1v) is 10.6. The van der Waals surface area contributed by atoms with Gasteiger partial charge in [-0.1, -0.05) is 12.1 Å². The van der Waals surface area contributed by atoms with Gasteiger partial charge in [0.05, 0.1) is 5.69 Å². The van der Waals surface area contributed by atoms with Crippen LogP contribution in [0, 0.1) is 6.92 Å². The minimum Gasteiger partial charge on any atom is -0.505 e. The number of carbonyl (C=O) groups is 2. The van der Waals surface area contributed by atoms with E-state index in [-0.39, 0.29) is 11.6 Å². The van der Waals surface area contributed by atoms with E-state index in [9.17, 15) is 19.5 Å². The molecule has 2 heterocycles. The second-order valence-electron chi connectivity index (χ2n) is 8.09. The number of aromatic hydroxyl groups is 1. The summed E-state index contributed by atoms with van der Waals surface area (Å²) in [5.41, 5.74) is 1.54. The number of amides is 2. The minimum atomic E-state index is -0.674. The maximum Gasteiger partial charge on any atom is 0.279 e. The van der Waals surface area contributed by atoms with Gasteiger partial charge in [-0.2, -0.15) is 9.78 Å². The van der Waals surface area contributed by atoms with Crippen LogP contribution >= 0.6 is 0 Å². The lowest BCUT2D eigenvalue weighted by atomic mass is 10.1. The van der Waals surface area contributed by atoms with E-state index in [1.807, 2.05) is 24.9 Å². The highest BCUT2D eigenvalue weighted by atomic mass is 16.3. The Morgan fingerprint density at radius 3 is 2.36 bits per heavy atom. The average Bonchev–Trinajstić information content (AvgIpc) is 2.79. The van der Waals surface area contributed by atoms with Crippen LogP contribution in [0.2, 0.25) is 0 Å². The second-order valence-corrected chi connectivity index (χ2v) is 8.09. The molecule has 3 aromatic rings. The molecule has 0 unspecified atom stereocenters. The van der Waals surface area contributed by atoms with E-state index < -0.39 is 17.2 Å². The van der Waals surface area contributed by atoms with Crippen molar-refractivity contribution < 1.29 is 14.7 Å². The SMILES string of the molecule is Cc1cccc(-n2nc(C(=O)Nc3ccc(C(=O)N4CCN(C)CC4)cc3)c(O)cc2=O)c1. The monoisotopic (exact) mass is 447 g/mol.